The molecule has 0 aliphatic rings. The normalized spacial score (nSPS) is 12.1. The number of halogens is 3. The number of benzene rings is 2. The number of hydrogen-bond donors (Lipinski definition) is 0. The highest BCUT2D eigenvalue weighted by Crippen LogP contribution is 2.31. The van der Waals surface area contributed by atoms with Crippen LogP contribution in [-0.2, 0) is 21.8 Å². The fourth-order valence-corrected chi connectivity index (χ4v) is 3.45. The number of rotatable bonds is 5. The van der Waals surface area contributed by atoms with Gasteiger partial charge in [-0.2, -0.15) is 18.2 Å². The summed E-state index contributed by atoms with van der Waals surface area (Å²) in [5.74, 6) is -0.427. The Morgan fingerprint density at radius 3 is 2.44 bits per heavy atom. The molecule has 3 aromatic rings. The monoisotopic (exact) mass is 398 g/mol. The third-order valence-electron chi connectivity index (χ3n) is 3.65. The fourth-order valence-electron chi connectivity index (χ4n) is 2.29. The van der Waals surface area contributed by atoms with E-state index in [0.29, 0.717) is 5.75 Å². The van der Waals surface area contributed by atoms with E-state index in [-0.39, 0.29) is 22.2 Å². The van der Waals surface area contributed by atoms with Crippen LogP contribution >= 0.6 is 0 Å². The summed E-state index contributed by atoms with van der Waals surface area (Å²) in [5.41, 5.74) is -0.793. The molecular weight excluding hydrogens is 385 g/mol. The summed E-state index contributed by atoms with van der Waals surface area (Å²) in [6.07, 6.45) is -4.51. The number of aromatic nitrogens is 2. The molecule has 0 saturated heterocycles. The van der Waals surface area contributed by atoms with E-state index in [1.807, 2.05) is 0 Å². The molecular formula is C17H13F3N2O4S. The molecule has 10 heteroatoms. The number of ether oxygens (including phenoxy) is 1. The fraction of sp³-hybridized carbons (Fsp3) is 0.176. The molecule has 0 aliphatic heterocycles. The first-order valence-corrected chi connectivity index (χ1v) is 9.21. The van der Waals surface area contributed by atoms with E-state index in [2.05, 4.69) is 10.1 Å². The van der Waals surface area contributed by atoms with Crippen LogP contribution in [0.3, 0.4) is 0 Å². The van der Waals surface area contributed by atoms with Gasteiger partial charge in [0.2, 0.25) is 11.7 Å². The Labute approximate surface area is 152 Å². The van der Waals surface area contributed by atoms with Crippen molar-refractivity contribution in [1.82, 2.24) is 10.1 Å². The van der Waals surface area contributed by atoms with Crippen molar-refractivity contribution in [2.75, 3.05) is 7.11 Å². The maximum Gasteiger partial charge on any atom is 0.416 e. The molecule has 0 aliphatic carbocycles. The van der Waals surface area contributed by atoms with Gasteiger partial charge in [0.1, 0.15) is 11.5 Å². The maximum absolute atomic E-state index is 12.8. The van der Waals surface area contributed by atoms with Gasteiger partial charge in [0.25, 0.3) is 0 Å². The molecule has 0 radical (unpaired) electrons. The highest BCUT2D eigenvalue weighted by atomic mass is 32.2. The molecule has 3 rings (SSSR count). The first-order valence-electron chi connectivity index (χ1n) is 7.56. The van der Waals surface area contributed by atoms with Crippen LogP contribution in [0, 0.1) is 0 Å². The minimum Gasteiger partial charge on any atom is -0.497 e. The second kappa shape index (κ2) is 7.03. The molecule has 0 N–H and O–H groups in total. The summed E-state index contributed by atoms with van der Waals surface area (Å²) in [4.78, 5) is 3.93. The number of methoxy groups -OCH3 is 1. The summed E-state index contributed by atoms with van der Waals surface area (Å²) in [5, 5.41) is 3.58. The van der Waals surface area contributed by atoms with Crippen molar-refractivity contribution in [2.24, 2.45) is 0 Å². The zero-order chi connectivity index (χ0) is 19.7. The molecule has 1 heterocycles. The van der Waals surface area contributed by atoms with Crippen LogP contribution in [0.5, 0.6) is 5.75 Å². The lowest BCUT2D eigenvalue weighted by molar-refractivity contribution is -0.137. The number of sulfone groups is 1. The summed E-state index contributed by atoms with van der Waals surface area (Å²) in [6, 6.07) is 10.1. The second-order valence-corrected chi connectivity index (χ2v) is 7.51. The van der Waals surface area contributed by atoms with Gasteiger partial charge in [-0.25, -0.2) is 8.42 Å². The summed E-state index contributed by atoms with van der Waals surface area (Å²) < 4.78 is 73.1. The van der Waals surface area contributed by atoms with Crippen molar-refractivity contribution >= 4 is 9.84 Å². The van der Waals surface area contributed by atoms with Crippen molar-refractivity contribution in [1.29, 1.82) is 0 Å². The second-order valence-electron chi connectivity index (χ2n) is 5.52. The van der Waals surface area contributed by atoms with Crippen LogP contribution < -0.4 is 4.74 Å². The summed E-state index contributed by atoms with van der Waals surface area (Å²) in [6.45, 7) is 0. The minimum absolute atomic E-state index is 0.0297. The van der Waals surface area contributed by atoms with Crippen LogP contribution in [0.1, 0.15) is 11.5 Å². The van der Waals surface area contributed by atoms with Crippen LogP contribution in [-0.4, -0.2) is 25.7 Å². The van der Waals surface area contributed by atoms with Crippen LogP contribution in [0.4, 0.5) is 13.2 Å². The zero-order valence-corrected chi connectivity index (χ0v) is 14.7. The van der Waals surface area contributed by atoms with Gasteiger partial charge >= 0.3 is 6.18 Å². The Balaban J connectivity index is 1.83. The zero-order valence-electron chi connectivity index (χ0n) is 13.9. The standard InChI is InChI=1S/C17H13F3N2O4S/c1-25-13-5-7-14(8-6-13)27(23,24)10-15-21-16(22-26-15)11-3-2-4-12(9-11)17(18,19)20/h2-9H,10H2,1H3. The average molecular weight is 398 g/mol. The van der Waals surface area contributed by atoms with Crippen LogP contribution in [0.2, 0.25) is 0 Å². The van der Waals surface area contributed by atoms with Crippen molar-refractivity contribution in [2.45, 2.75) is 16.8 Å². The van der Waals surface area contributed by atoms with Gasteiger partial charge in [0.05, 0.1) is 17.6 Å². The number of hydrogen-bond acceptors (Lipinski definition) is 6. The van der Waals surface area contributed by atoms with E-state index in [4.69, 9.17) is 9.26 Å². The number of nitrogens with zero attached hydrogens (tertiary/aromatic N) is 2. The molecule has 0 fully saturated rings. The minimum atomic E-state index is -4.51. The van der Waals surface area contributed by atoms with Gasteiger partial charge in [0.15, 0.2) is 9.84 Å². The van der Waals surface area contributed by atoms with Crippen molar-refractivity contribution in [3.63, 3.8) is 0 Å². The summed E-state index contributed by atoms with van der Waals surface area (Å²) in [7, 11) is -2.31. The lowest BCUT2D eigenvalue weighted by Crippen LogP contribution is -2.05. The van der Waals surface area contributed by atoms with Crippen molar-refractivity contribution in [3.8, 4) is 17.1 Å². The molecule has 0 bridgehead atoms. The lowest BCUT2D eigenvalue weighted by Gasteiger charge is -2.06. The molecule has 0 atom stereocenters. The predicted octanol–water partition coefficient (Wildman–Crippen LogP) is 3.74. The Morgan fingerprint density at radius 1 is 1.11 bits per heavy atom. The smallest absolute Gasteiger partial charge is 0.416 e. The quantitative estimate of drug-likeness (QED) is 0.651. The molecule has 27 heavy (non-hydrogen) atoms. The molecule has 0 amide bonds. The van der Waals surface area contributed by atoms with Crippen LogP contribution in [0.15, 0.2) is 57.9 Å². The third kappa shape index (κ3) is 4.27. The van der Waals surface area contributed by atoms with Crippen molar-refractivity contribution in [3.05, 3.63) is 60.0 Å². The Kier molecular flexibility index (Phi) is 4.92. The predicted molar refractivity (Wildman–Crippen MR) is 88.6 cm³/mol. The first kappa shape index (κ1) is 18.9. The maximum atomic E-state index is 12.8. The van der Waals surface area contributed by atoms with Gasteiger partial charge in [-0.3, -0.25) is 0 Å². The van der Waals surface area contributed by atoms with E-state index in [1.165, 1.54) is 43.5 Å². The summed E-state index contributed by atoms with van der Waals surface area (Å²) >= 11 is 0. The molecule has 6 nitrogen and oxygen atoms in total. The van der Waals surface area contributed by atoms with Gasteiger partial charge in [0, 0.05) is 5.56 Å². The first-order chi connectivity index (χ1) is 12.7. The topological polar surface area (TPSA) is 82.3 Å². The van der Waals surface area contributed by atoms with Crippen LogP contribution in [0.25, 0.3) is 11.4 Å². The van der Waals surface area contributed by atoms with E-state index in [9.17, 15) is 21.6 Å². The third-order valence-corrected chi connectivity index (χ3v) is 5.27. The lowest BCUT2D eigenvalue weighted by atomic mass is 10.1. The van der Waals surface area contributed by atoms with Gasteiger partial charge in [-0.15, -0.1) is 0 Å². The van der Waals surface area contributed by atoms with E-state index in [0.717, 1.165) is 12.1 Å². The molecule has 1 aromatic heterocycles. The van der Waals surface area contributed by atoms with Gasteiger partial charge in [-0.1, -0.05) is 17.3 Å². The molecule has 0 saturated carbocycles. The number of alkyl halides is 3. The van der Waals surface area contributed by atoms with E-state index < -0.39 is 27.3 Å². The van der Waals surface area contributed by atoms with E-state index >= 15 is 0 Å². The van der Waals surface area contributed by atoms with Gasteiger partial charge < -0.3 is 9.26 Å². The molecule has 142 valence electrons. The largest absolute Gasteiger partial charge is 0.497 e. The Bertz CT molecular complexity index is 1040. The van der Waals surface area contributed by atoms with Gasteiger partial charge in [-0.05, 0) is 36.4 Å². The highest BCUT2D eigenvalue weighted by Gasteiger charge is 2.31. The average Bonchev–Trinajstić information content (AvgIpc) is 3.09. The van der Waals surface area contributed by atoms with E-state index in [1.54, 1.807) is 0 Å². The molecule has 0 spiro atoms. The molecule has 0 unspecified atom stereocenters. The molecule has 2 aromatic carbocycles. The Morgan fingerprint density at radius 2 is 1.81 bits per heavy atom. The highest BCUT2D eigenvalue weighted by molar-refractivity contribution is 7.90. The van der Waals surface area contributed by atoms with Crippen molar-refractivity contribution < 1.29 is 30.8 Å². The Hall–Kier alpha value is -2.88. The SMILES string of the molecule is COc1ccc(S(=O)(=O)Cc2nc(-c3cccc(C(F)(F)F)c3)no2)cc1.